The zero-order valence-electron chi connectivity index (χ0n) is 14.7. The number of fused-ring (bicyclic) bond motifs is 3. The Labute approximate surface area is 158 Å². The number of halogens is 4. The van der Waals surface area contributed by atoms with Crippen molar-refractivity contribution in [3.8, 4) is 0 Å². The van der Waals surface area contributed by atoms with E-state index < -0.39 is 38.5 Å². The van der Waals surface area contributed by atoms with Crippen molar-refractivity contribution in [2.75, 3.05) is 6.54 Å². The third-order valence-electron chi connectivity index (χ3n) is 5.13. The molecule has 2 aromatic carbocycles. The number of alkyl halides is 3. The summed E-state index contributed by atoms with van der Waals surface area (Å²) >= 11 is 0. The fourth-order valence-corrected chi connectivity index (χ4v) is 5.38. The maximum atomic E-state index is 13.6. The Morgan fingerprint density at radius 3 is 2.57 bits per heavy atom. The smallest absolute Gasteiger partial charge is 0.357 e. The van der Waals surface area contributed by atoms with Gasteiger partial charge in [-0.2, -0.15) is 17.5 Å². The van der Waals surface area contributed by atoms with E-state index in [0.29, 0.717) is 24.2 Å². The molecule has 4 rings (SSSR count). The van der Waals surface area contributed by atoms with Crippen LogP contribution in [0.2, 0.25) is 0 Å². The van der Waals surface area contributed by atoms with Gasteiger partial charge in [-0.3, -0.25) is 0 Å². The summed E-state index contributed by atoms with van der Waals surface area (Å²) in [4.78, 5) is 2.64. The first-order valence-electron chi connectivity index (χ1n) is 8.59. The molecule has 3 aromatic rings. The maximum absolute atomic E-state index is 13.6. The molecular weight excluding hydrogens is 396 g/mol. The second kappa shape index (κ2) is 6.31. The Bertz CT molecular complexity index is 1170. The van der Waals surface area contributed by atoms with E-state index in [1.54, 1.807) is 6.92 Å². The van der Waals surface area contributed by atoms with Crippen LogP contribution in [0.3, 0.4) is 0 Å². The Balaban J connectivity index is 1.77. The van der Waals surface area contributed by atoms with E-state index in [0.717, 1.165) is 26.8 Å². The second-order valence-electron chi connectivity index (χ2n) is 6.74. The van der Waals surface area contributed by atoms with E-state index in [-0.39, 0.29) is 6.54 Å². The lowest BCUT2D eigenvalue weighted by atomic mass is 10.0. The predicted molar refractivity (Wildman–Crippen MR) is 95.7 cm³/mol. The summed E-state index contributed by atoms with van der Waals surface area (Å²) in [6.45, 7) is 1.80. The first kappa shape index (κ1) is 18.9. The number of H-pyrrole nitrogens is 1. The highest BCUT2D eigenvalue weighted by molar-refractivity contribution is 7.89. The van der Waals surface area contributed by atoms with Crippen LogP contribution in [0.5, 0.6) is 0 Å². The third kappa shape index (κ3) is 2.89. The molecule has 1 aliphatic heterocycles. The number of aromatic nitrogens is 1. The van der Waals surface area contributed by atoms with Crippen LogP contribution in [0.4, 0.5) is 17.6 Å². The van der Waals surface area contributed by atoms with Crippen molar-refractivity contribution in [3.63, 3.8) is 0 Å². The van der Waals surface area contributed by atoms with E-state index in [1.807, 2.05) is 24.3 Å². The molecule has 148 valence electrons. The van der Waals surface area contributed by atoms with Gasteiger partial charge in [-0.1, -0.05) is 18.2 Å². The molecule has 9 heteroatoms. The number of benzene rings is 2. The lowest BCUT2D eigenvalue weighted by molar-refractivity contribution is -0.140. The number of para-hydroxylation sites is 1. The fourth-order valence-electron chi connectivity index (χ4n) is 3.75. The van der Waals surface area contributed by atoms with Crippen molar-refractivity contribution >= 4 is 20.9 Å². The first-order valence-corrected chi connectivity index (χ1v) is 10.0. The van der Waals surface area contributed by atoms with Gasteiger partial charge in [0, 0.05) is 23.1 Å². The highest BCUT2D eigenvalue weighted by Crippen LogP contribution is 2.38. The lowest BCUT2D eigenvalue weighted by Gasteiger charge is -2.32. The fraction of sp³-hybridized carbons (Fsp3) is 0.263. The summed E-state index contributed by atoms with van der Waals surface area (Å²) in [6.07, 6.45) is -4.55. The molecule has 1 aliphatic rings. The van der Waals surface area contributed by atoms with Gasteiger partial charge in [0.15, 0.2) is 0 Å². The molecule has 0 unspecified atom stereocenters. The Morgan fingerprint density at radius 2 is 1.86 bits per heavy atom. The van der Waals surface area contributed by atoms with Gasteiger partial charge in [0.2, 0.25) is 10.0 Å². The predicted octanol–water partition coefficient (Wildman–Crippen LogP) is 4.63. The normalized spacial score (nSPS) is 18.4. The van der Waals surface area contributed by atoms with Crippen LogP contribution in [0.25, 0.3) is 10.9 Å². The number of nitrogens with zero attached hydrogens (tertiary/aromatic N) is 1. The van der Waals surface area contributed by atoms with Crippen LogP contribution in [-0.4, -0.2) is 24.3 Å². The highest BCUT2D eigenvalue weighted by atomic mass is 32.2. The van der Waals surface area contributed by atoms with Crippen LogP contribution in [-0.2, 0) is 22.6 Å². The molecule has 0 radical (unpaired) electrons. The summed E-state index contributed by atoms with van der Waals surface area (Å²) in [7, 11) is -4.24. The van der Waals surface area contributed by atoms with Crippen molar-refractivity contribution in [1.29, 1.82) is 0 Å². The van der Waals surface area contributed by atoms with Crippen LogP contribution in [0.15, 0.2) is 47.4 Å². The number of hydrogen-bond acceptors (Lipinski definition) is 2. The Kier molecular flexibility index (Phi) is 4.27. The van der Waals surface area contributed by atoms with Gasteiger partial charge in [-0.05, 0) is 43.2 Å². The van der Waals surface area contributed by atoms with E-state index in [4.69, 9.17) is 0 Å². The van der Waals surface area contributed by atoms with Gasteiger partial charge in [0.25, 0.3) is 0 Å². The second-order valence-corrected chi connectivity index (χ2v) is 8.63. The molecule has 0 aliphatic carbocycles. The third-order valence-corrected chi connectivity index (χ3v) is 7.09. The minimum atomic E-state index is -4.98. The highest BCUT2D eigenvalue weighted by Gasteiger charge is 2.39. The average Bonchev–Trinajstić information content (AvgIpc) is 3.01. The minimum Gasteiger partial charge on any atom is -0.357 e. The zero-order chi connectivity index (χ0) is 20.3. The molecule has 1 aromatic heterocycles. The summed E-state index contributed by atoms with van der Waals surface area (Å²) in [5.41, 5.74) is 1.00. The molecule has 1 atom stereocenters. The van der Waals surface area contributed by atoms with Crippen LogP contribution < -0.4 is 0 Å². The number of hydrogen-bond donors (Lipinski definition) is 1. The van der Waals surface area contributed by atoms with Crippen molar-refractivity contribution in [3.05, 3.63) is 65.1 Å². The van der Waals surface area contributed by atoms with Crippen molar-refractivity contribution in [1.82, 2.24) is 9.29 Å². The molecule has 0 amide bonds. The lowest BCUT2D eigenvalue weighted by Crippen LogP contribution is -2.38. The monoisotopic (exact) mass is 412 g/mol. The Morgan fingerprint density at radius 1 is 1.14 bits per heavy atom. The van der Waals surface area contributed by atoms with Crippen LogP contribution in [0.1, 0.15) is 29.8 Å². The van der Waals surface area contributed by atoms with Crippen molar-refractivity contribution in [2.24, 2.45) is 0 Å². The molecule has 0 saturated carbocycles. The molecule has 0 fully saturated rings. The summed E-state index contributed by atoms with van der Waals surface area (Å²) < 4.78 is 79.8. The summed E-state index contributed by atoms with van der Waals surface area (Å²) in [5.74, 6) is -1.50. The summed E-state index contributed by atoms with van der Waals surface area (Å²) in [6, 6.07) is 8.75. The molecular formula is C19H16F4N2O2S. The molecule has 1 N–H and O–H groups in total. The largest absolute Gasteiger partial charge is 0.419 e. The van der Waals surface area contributed by atoms with Gasteiger partial charge < -0.3 is 4.98 Å². The van der Waals surface area contributed by atoms with E-state index in [9.17, 15) is 26.0 Å². The van der Waals surface area contributed by atoms with Crippen molar-refractivity contribution in [2.45, 2.75) is 30.5 Å². The zero-order valence-corrected chi connectivity index (χ0v) is 15.5. The minimum absolute atomic E-state index is 0.122. The van der Waals surface area contributed by atoms with Gasteiger partial charge in [-0.15, -0.1) is 0 Å². The molecule has 0 bridgehead atoms. The van der Waals surface area contributed by atoms with E-state index >= 15 is 0 Å². The van der Waals surface area contributed by atoms with E-state index in [1.165, 1.54) is 0 Å². The molecule has 0 saturated heterocycles. The molecule has 2 heterocycles. The molecule has 4 nitrogen and oxygen atoms in total. The van der Waals surface area contributed by atoms with E-state index in [2.05, 4.69) is 4.98 Å². The van der Waals surface area contributed by atoms with Gasteiger partial charge >= 0.3 is 6.18 Å². The SMILES string of the molecule is C[C@H]1c2[nH]c3ccccc3c2CCN1S(=O)(=O)c1ccc(F)c(C(F)(F)F)c1. The Hall–Kier alpha value is -2.39. The van der Waals surface area contributed by atoms with Gasteiger partial charge in [0.1, 0.15) is 5.82 Å². The average molecular weight is 412 g/mol. The number of rotatable bonds is 2. The maximum Gasteiger partial charge on any atom is 0.419 e. The first-order chi connectivity index (χ1) is 13.1. The standard InChI is InChI=1S/C19H16F4N2O2S/c1-11-18-14(13-4-2-3-5-17(13)24-18)8-9-25(11)28(26,27)12-6-7-16(20)15(10-12)19(21,22)23/h2-7,10-11,24H,8-9H2,1H3/t11-/m0/s1. The van der Waals surface area contributed by atoms with Gasteiger partial charge in [-0.25, -0.2) is 12.8 Å². The molecule has 0 spiro atoms. The van der Waals surface area contributed by atoms with Crippen LogP contribution in [0, 0.1) is 5.82 Å². The van der Waals surface area contributed by atoms with Crippen LogP contribution >= 0.6 is 0 Å². The van der Waals surface area contributed by atoms with Gasteiger partial charge in [0.05, 0.1) is 16.5 Å². The van der Waals surface area contributed by atoms with Crippen molar-refractivity contribution < 1.29 is 26.0 Å². The number of aromatic amines is 1. The quantitative estimate of drug-likeness (QED) is 0.624. The summed E-state index contributed by atoms with van der Waals surface area (Å²) in [5, 5.41) is 1.00. The molecule has 28 heavy (non-hydrogen) atoms. The topological polar surface area (TPSA) is 53.2 Å². The number of sulfonamides is 1. The number of nitrogens with one attached hydrogen (secondary N) is 1.